The number of rotatable bonds is 6. The Morgan fingerprint density at radius 2 is 1.92 bits per heavy atom. The van der Waals surface area contributed by atoms with Gasteiger partial charge in [0.2, 0.25) is 0 Å². The maximum atomic E-state index is 10.7. The fourth-order valence-electron chi connectivity index (χ4n) is 3.62. The molecule has 4 nitrogen and oxygen atoms in total. The van der Waals surface area contributed by atoms with Gasteiger partial charge in [-0.2, -0.15) is 0 Å². The summed E-state index contributed by atoms with van der Waals surface area (Å²) in [5.41, 5.74) is 2.02. The molecule has 0 atom stereocenters. The minimum absolute atomic E-state index is 0.0184. The van der Waals surface area contributed by atoms with Crippen LogP contribution in [0.4, 0.5) is 0 Å². The first-order valence-corrected chi connectivity index (χ1v) is 9.28. The lowest BCUT2D eigenvalue weighted by atomic mass is 9.78. The molecule has 0 fully saturated rings. The summed E-state index contributed by atoms with van der Waals surface area (Å²) in [6, 6.07) is 3.91. The van der Waals surface area contributed by atoms with E-state index in [4.69, 9.17) is 9.26 Å². The number of unbranched alkanes of at least 4 members (excludes halogenated alkanes) is 3. The molecule has 2 aromatic rings. The summed E-state index contributed by atoms with van der Waals surface area (Å²) in [6.45, 7) is 10.7. The number of hydrogen-bond acceptors (Lipinski definition) is 4. The molecule has 1 aromatic carbocycles. The molecule has 25 heavy (non-hydrogen) atoms. The molecular weight excluding hydrogens is 314 g/mol. The number of aromatic hydroxyl groups is 1. The Hall–Kier alpha value is -1.97. The maximum absolute atomic E-state index is 10.7. The average Bonchev–Trinajstić information content (AvgIpc) is 3.01. The van der Waals surface area contributed by atoms with Crippen LogP contribution in [0.3, 0.4) is 0 Å². The SMILES string of the molecule is CCCCCCC(C)(C)c1cc(O)c2c(c1)OC(C)(C)c1cnoc1-2. The number of phenols is 1. The molecule has 136 valence electrons. The molecule has 4 heteroatoms. The third-order valence-electron chi connectivity index (χ3n) is 5.33. The van der Waals surface area contributed by atoms with Crippen LogP contribution in [0.25, 0.3) is 11.3 Å². The van der Waals surface area contributed by atoms with Gasteiger partial charge >= 0.3 is 0 Å². The van der Waals surface area contributed by atoms with Crippen molar-refractivity contribution in [2.75, 3.05) is 0 Å². The van der Waals surface area contributed by atoms with Crippen molar-refractivity contribution in [3.63, 3.8) is 0 Å². The van der Waals surface area contributed by atoms with E-state index >= 15 is 0 Å². The van der Waals surface area contributed by atoms with Crippen LogP contribution in [-0.2, 0) is 11.0 Å². The summed E-state index contributed by atoms with van der Waals surface area (Å²) in [4.78, 5) is 0. The van der Waals surface area contributed by atoms with Gasteiger partial charge in [0.1, 0.15) is 22.7 Å². The van der Waals surface area contributed by atoms with E-state index in [1.807, 2.05) is 19.9 Å². The largest absolute Gasteiger partial charge is 0.507 e. The predicted octanol–water partition coefficient (Wildman–Crippen LogP) is 5.92. The van der Waals surface area contributed by atoms with Gasteiger partial charge in [-0.15, -0.1) is 0 Å². The molecule has 0 saturated carbocycles. The monoisotopic (exact) mass is 343 g/mol. The lowest BCUT2D eigenvalue weighted by molar-refractivity contribution is 0.103. The van der Waals surface area contributed by atoms with Crippen molar-refractivity contribution in [1.29, 1.82) is 0 Å². The molecule has 1 aliphatic rings. The van der Waals surface area contributed by atoms with E-state index in [1.54, 1.807) is 6.20 Å². The number of hydrogen-bond donors (Lipinski definition) is 1. The van der Waals surface area contributed by atoms with Crippen LogP contribution in [0.2, 0.25) is 0 Å². The highest BCUT2D eigenvalue weighted by atomic mass is 16.5. The lowest BCUT2D eigenvalue weighted by Gasteiger charge is -2.33. The van der Waals surface area contributed by atoms with Crippen LogP contribution in [0, 0.1) is 0 Å². The topological polar surface area (TPSA) is 55.5 Å². The van der Waals surface area contributed by atoms with Crippen molar-refractivity contribution in [2.24, 2.45) is 0 Å². The zero-order valence-corrected chi connectivity index (χ0v) is 16.0. The zero-order chi connectivity index (χ0) is 18.2. The number of benzene rings is 1. The molecule has 3 rings (SSSR count). The molecule has 2 heterocycles. The van der Waals surface area contributed by atoms with Gasteiger partial charge in [-0.25, -0.2) is 0 Å². The number of phenolic OH excluding ortho intramolecular Hbond substituents is 1. The van der Waals surface area contributed by atoms with Crippen molar-refractivity contribution in [3.8, 4) is 22.8 Å². The molecule has 1 aromatic heterocycles. The van der Waals surface area contributed by atoms with Crippen molar-refractivity contribution in [3.05, 3.63) is 29.5 Å². The van der Waals surface area contributed by atoms with Gasteiger partial charge in [0.15, 0.2) is 5.76 Å². The molecule has 0 radical (unpaired) electrons. The summed E-state index contributed by atoms with van der Waals surface area (Å²) in [7, 11) is 0. The Labute approximate surface area is 150 Å². The number of ether oxygens (including phenoxy) is 1. The highest BCUT2D eigenvalue weighted by Crippen LogP contribution is 2.50. The number of aromatic nitrogens is 1. The van der Waals surface area contributed by atoms with Gasteiger partial charge in [0.25, 0.3) is 0 Å². The van der Waals surface area contributed by atoms with Crippen molar-refractivity contribution in [2.45, 2.75) is 77.7 Å². The van der Waals surface area contributed by atoms with Gasteiger partial charge in [0, 0.05) is 0 Å². The predicted molar refractivity (Wildman–Crippen MR) is 99.0 cm³/mol. The van der Waals surface area contributed by atoms with E-state index in [0.29, 0.717) is 17.1 Å². The van der Waals surface area contributed by atoms with E-state index in [2.05, 4.69) is 32.0 Å². The first-order valence-electron chi connectivity index (χ1n) is 9.28. The third kappa shape index (κ3) is 3.26. The minimum atomic E-state index is -0.529. The van der Waals surface area contributed by atoms with E-state index in [9.17, 15) is 5.11 Å². The van der Waals surface area contributed by atoms with E-state index in [0.717, 1.165) is 17.5 Å². The van der Waals surface area contributed by atoms with Gasteiger partial charge < -0.3 is 14.4 Å². The minimum Gasteiger partial charge on any atom is -0.507 e. The van der Waals surface area contributed by atoms with Crippen LogP contribution in [0.5, 0.6) is 11.5 Å². The van der Waals surface area contributed by atoms with Crippen molar-refractivity contribution in [1.82, 2.24) is 5.16 Å². The summed E-state index contributed by atoms with van der Waals surface area (Å²) in [5, 5.41) is 14.6. The molecular formula is C21H29NO3. The summed E-state index contributed by atoms with van der Waals surface area (Å²) < 4.78 is 11.6. The number of nitrogens with zero attached hydrogens (tertiary/aromatic N) is 1. The molecule has 1 aliphatic heterocycles. The lowest BCUT2D eigenvalue weighted by Crippen LogP contribution is -2.29. The van der Waals surface area contributed by atoms with E-state index < -0.39 is 5.60 Å². The maximum Gasteiger partial charge on any atom is 0.181 e. The molecule has 1 N–H and O–H groups in total. The third-order valence-corrected chi connectivity index (χ3v) is 5.33. The Morgan fingerprint density at radius 3 is 2.64 bits per heavy atom. The normalized spacial score (nSPS) is 15.4. The zero-order valence-electron chi connectivity index (χ0n) is 16.0. The second-order valence-electron chi connectivity index (χ2n) is 8.24. The van der Waals surface area contributed by atoms with Crippen LogP contribution < -0.4 is 4.74 Å². The van der Waals surface area contributed by atoms with Gasteiger partial charge in [-0.3, -0.25) is 0 Å². The summed E-state index contributed by atoms with van der Waals surface area (Å²) >= 11 is 0. The molecule has 0 saturated heterocycles. The summed E-state index contributed by atoms with van der Waals surface area (Å²) in [6.07, 6.45) is 7.71. The highest BCUT2D eigenvalue weighted by Gasteiger charge is 2.38. The average molecular weight is 343 g/mol. The van der Waals surface area contributed by atoms with E-state index in [-0.39, 0.29) is 11.2 Å². The van der Waals surface area contributed by atoms with Gasteiger partial charge in [-0.05, 0) is 43.4 Å². The fourth-order valence-corrected chi connectivity index (χ4v) is 3.62. The van der Waals surface area contributed by atoms with Crippen molar-refractivity contribution >= 4 is 0 Å². The van der Waals surface area contributed by atoms with Gasteiger partial charge in [0.05, 0.1) is 11.8 Å². The van der Waals surface area contributed by atoms with Crippen LogP contribution in [0.1, 0.15) is 77.8 Å². The second kappa shape index (κ2) is 6.40. The number of fused-ring (bicyclic) bond motifs is 3. The molecule has 0 bridgehead atoms. The Bertz CT molecular complexity index is 758. The highest BCUT2D eigenvalue weighted by molar-refractivity contribution is 5.78. The Balaban J connectivity index is 1.95. The summed E-state index contributed by atoms with van der Waals surface area (Å²) in [5.74, 6) is 1.48. The van der Waals surface area contributed by atoms with Crippen molar-refractivity contribution < 1.29 is 14.4 Å². The van der Waals surface area contributed by atoms with E-state index in [1.165, 1.54) is 25.7 Å². The second-order valence-corrected chi connectivity index (χ2v) is 8.24. The smallest absolute Gasteiger partial charge is 0.181 e. The molecule has 0 aliphatic carbocycles. The quantitative estimate of drug-likeness (QED) is 0.661. The van der Waals surface area contributed by atoms with Crippen LogP contribution in [0.15, 0.2) is 22.9 Å². The van der Waals surface area contributed by atoms with Gasteiger partial charge in [-0.1, -0.05) is 51.6 Å². The molecule has 0 amide bonds. The molecule has 0 unspecified atom stereocenters. The first kappa shape index (κ1) is 17.8. The first-order chi connectivity index (χ1) is 11.8. The van der Waals surface area contributed by atoms with Crippen LogP contribution in [-0.4, -0.2) is 10.3 Å². The Kier molecular flexibility index (Phi) is 4.56. The molecule has 0 spiro atoms. The Morgan fingerprint density at radius 1 is 1.16 bits per heavy atom. The van der Waals surface area contributed by atoms with Crippen LogP contribution >= 0.6 is 0 Å². The standard InChI is InChI=1S/C21H29NO3/c1-6-7-8-9-10-20(2,3)14-11-16(23)18-17(12-14)24-21(4,5)15-13-22-25-19(15)18/h11-13,23H,6-10H2,1-5H3. The fraction of sp³-hybridized carbons (Fsp3) is 0.571.